The predicted molar refractivity (Wildman–Crippen MR) is 65.2 cm³/mol. The molecule has 17 heavy (non-hydrogen) atoms. The van der Waals surface area contributed by atoms with Crippen LogP contribution in [0, 0.1) is 17.0 Å². The first kappa shape index (κ1) is 13.5. The summed E-state index contributed by atoms with van der Waals surface area (Å²) in [4.78, 5) is 21.7. The molecule has 0 aliphatic heterocycles. The number of aromatic nitrogens is 2. The van der Waals surface area contributed by atoms with Crippen molar-refractivity contribution in [3.05, 3.63) is 22.0 Å². The van der Waals surface area contributed by atoms with Gasteiger partial charge in [0.2, 0.25) is 5.91 Å². The molecule has 1 atom stereocenters. The van der Waals surface area contributed by atoms with Gasteiger partial charge in [-0.05, 0) is 13.8 Å². The number of hydrogen-bond acceptors (Lipinski definition) is 5. The van der Waals surface area contributed by atoms with Crippen LogP contribution in [0.2, 0.25) is 0 Å². The second kappa shape index (κ2) is 5.67. The molecule has 0 fully saturated rings. The van der Waals surface area contributed by atoms with Gasteiger partial charge in [0.1, 0.15) is 17.9 Å². The van der Waals surface area contributed by atoms with Gasteiger partial charge in [0.05, 0.1) is 4.92 Å². The van der Waals surface area contributed by atoms with Crippen LogP contribution in [0.5, 0.6) is 0 Å². The van der Waals surface area contributed by atoms with Crippen LogP contribution >= 0.6 is 12.6 Å². The molecule has 1 N–H and O–H groups in total. The average Bonchev–Trinajstić information content (AvgIpc) is 2.67. The molecule has 0 aromatic carbocycles. The summed E-state index contributed by atoms with van der Waals surface area (Å²) in [5, 5.41) is 17.2. The summed E-state index contributed by atoms with van der Waals surface area (Å²) in [6.45, 7) is 3.62. The Morgan fingerprint density at radius 1 is 1.76 bits per heavy atom. The summed E-state index contributed by atoms with van der Waals surface area (Å²) in [6, 6.07) is -0.581. The molecule has 0 saturated carbocycles. The molecule has 0 radical (unpaired) electrons. The molecule has 0 aliphatic rings. The second-order valence-electron chi connectivity index (χ2n) is 3.53. The fourth-order valence-electron chi connectivity index (χ4n) is 1.30. The van der Waals surface area contributed by atoms with E-state index in [9.17, 15) is 14.9 Å². The van der Waals surface area contributed by atoms with Crippen LogP contribution in [-0.2, 0) is 4.79 Å². The minimum absolute atomic E-state index is 0.0844. The van der Waals surface area contributed by atoms with E-state index in [-0.39, 0.29) is 11.6 Å². The Bertz CT molecular complexity index is 432. The molecule has 0 aliphatic carbocycles. The van der Waals surface area contributed by atoms with E-state index >= 15 is 0 Å². The van der Waals surface area contributed by atoms with Gasteiger partial charge in [-0.3, -0.25) is 19.6 Å². The summed E-state index contributed by atoms with van der Waals surface area (Å²) < 4.78 is 1.29. The topological polar surface area (TPSA) is 90.1 Å². The van der Waals surface area contributed by atoms with Crippen LogP contribution in [0.1, 0.15) is 18.7 Å². The Hall–Kier alpha value is -1.57. The number of nitrogens with one attached hydrogen (secondary N) is 1. The lowest BCUT2D eigenvalue weighted by Crippen LogP contribution is -2.32. The minimum Gasteiger partial charge on any atom is -0.353 e. The molecule has 7 nitrogen and oxygen atoms in total. The van der Waals surface area contributed by atoms with E-state index in [1.807, 2.05) is 0 Å². The molecule has 0 saturated heterocycles. The van der Waals surface area contributed by atoms with E-state index < -0.39 is 11.0 Å². The van der Waals surface area contributed by atoms with Gasteiger partial charge in [0, 0.05) is 12.3 Å². The van der Waals surface area contributed by atoms with Crippen molar-refractivity contribution in [2.75, 3.05) is 12.3 Å². The van der Waals surface area contributed by atoms with Crippen molar-refractivity contribution < 1.29 is 9.72 Å². The van der Waals surface area contributed by atoms with Crippen LogP contribution in [-0.4, -0.2) is 32.9 Å². The Kier molecular flexibility index (Phi) is 4.50. The third-order valence-corrected chi connectivity index (χ3v) is 2.50. The normalized spacial score (nSPS) is 12.2. The Labute approximate surface area is 104 Å². The molecule has 0 spiro atoms. The summed E-state index contributed by atoms with van der Waals surface area (Å²) in [5.74, 6) is 0.299. The average molecular weight is 258 g/mol. The highest BCUT2D eigenvalue weighted by Gasteiger charge is 2.21. The Balaban J connectivity index is 2.82. The van der Waals surface area contributed by atoms with Gasteiger partial charge in [-0.2, -0.15) is 17.7 Å². The van der Waals surface area contributed by atoms with Crippen molar-refractivity contribution in [2.24, 2.45) is 0 Å². The van der Waals surface area contributed by atoms with Crippen molar-refractivity contribution in [3.63, 3.8) is 0 Å². The third-order valence-electron chi connectivity index (χ3n) is 2.27. The van der Waals surface area contributed by atoms with Crippen molar-refractivity contribution in [1.29, 1.82) is 0 Å². The molecule has 94 valence electrons. The van der Waals surface area contributed by atoms with Gasteiger partial charge >= 0.3 is 5.69 Å². The maximum Gasteiger partial charge on any atom is 0.309 e. The smallest absolute Gasteiger partial charge is 0.309 e. The van der Waals surface area contributed by atoms with Gasteiger partial charge < -0.3 is 5.32 Å². The van der Waals surface area contributed by atoms with Crippen molar-refractivity contribution >= 4 is 24.2 Å². The van der Waals surface area contributed by atoms with E-state index in [0.717, 1.165) is 0 Å². The van der Waals surface area contributed by atoms with Crippen molar-refractivity contribution in [1.82, 2.24) is 15.1 Å². The van der Waals surface area contributed by atoms with Crippen LogP contribution in [0.4, 0.5) is 5.69 Å². The van der Waals surface area contributed by atoms with E-state index in [1.165, 1.54) is 17.8 Å². The fourth-order valence-corrected chi connectivity index (χ4v) is 1.41. The van der Waals surface area contributed by atoms with Gasteiger partial charge in [0.25, 0.3) is 0 Å². The number of carbonyl (C=O) groups excluding carboxylic acids is 1. The van der Waals surface area contributed by atoms with Crippen LogP contribution < -0.4 is 5.32 Å². The zero-order valence-corrected chi connectivity index (χ0v) is 10.5. The largest absolute Gasteiger partial charge is 0.353 e. The number of rotatable bonds is 5. The van der Waals surface area contributed by atoms with Crippen molar-refractivity contribution in [2.45, 2.75) is 19.9 Å². The molecular weight excluding hydrogens is 244 g/mol. The molecule has 1 rings (SSSR count). The van der Waals surface area contributed by atoms with Gasteiger partial charge in [-0.25, -0.2) is 0 Å². The number of aryl methyl sites for hydroxylation is 1. The summed E-state index contributed by atoms with van der Waals surface area (Å²) >= 11 is 3.97. The SMILES string of the molecule is Cc1nn(C(C)C(=O)NCCS)cc1[N+](=O)[O-]. The maximum absolute atomic E-state index is 11.6. The highest BCUT2D eigenvalue weighted by molar-refractivity contribution is 7.80. The first-order valence-electron chi connectivity index (χ1n) is 5.06. The minimum atomic E-state index is -0.581. The van der Waals surface area contributed by atoms with E-state index in [0.29, 0.717) is 18.0 Å². The standard InChI is InChI=1S/C9H14N4O3S/c1-6-8(13(15)16)5-12(11-6)7(2)9(14)10-3-4-17/h5,7,17H,3-4H2,1-2H3,(H,10,14). The number of nitrogens with zero attached hydrogens (tertiary/aromatic N) is 3. The van der Waals surface area contributed by atoms with E-state index in [2.05, 4.69) is 23.0 Å². The summed E-state index contributed by atoms with van der Waals surface area (Å²) in [5.41, 5.74) is 0.211. The third kappa shape index (κ3) is 3.19. The lowest BCUT2D eigenvalue weighted by molar-refractivity contribution is -0.385. The number of amides is 1. The number of thiol groups is 1. The molecule has 1 aromatic rings. The molecule has 1 amide bonds. The summed E-state index contributed by atoms with van der Waals surface area (Å²) in [6.07, 6.45) is 1.26. The predicted octanol–water partition coefficient (Wildman–Crippen LogP) is 0.707. The molecule has 8 heteroatoms. The lowest BCUT2D eigenvalue weighted by Gasteiger charge is -2.11. The number of carbonyl (C=O) groups is 1. The second-order valence-corrected chi connectivity index (χ2v) is 3.97. The summed E-state index contributed by atoms with van der Waals surface area (Å²) in [7, 11) is 0. The Morgan fingerprint density at radius 3 is 2.88 bits per heavy atom. The van der Waals surface area contributed by atoms with Crippen LogP contribution in [0.25, 0.3) is 0 Å². The van der Waals surface area contributed by atoms with Gasteiger partial charge in [0.15, 0.2) is 0 Å². The van der Waals surface area contributed by atoms with Gasteiger partial charge in [-0.1, -0.05) is 0 Å². The molecule has 1 unspecified atom stereocenters. The lowest BCUT2D eigenvalue weighted by atomic mass is 10.3. The van der Waals surface area contributed by atoms with Crippen LogP contribution in [0.3, 0.4) is 0 Å². The molecule has 1 heterocycles. The molecule has 1 aromatic heterocycles. The highest BCUT2D eigenvalue weighted by atomic mass is 32.1. The zero-order chi connectivity index (χ0) is 13.0. The number of hydrogen-bond donors (Lipinski definition) is 2. The first-order valence-corrected chi connectivity index (χ1v) is 5.69. The molecule has 0 bridgehead atoms. The highest BCUT2D eigenvalue weighted by Crippen LogP contribution is 2.18. The fraction of sp³-hybridized carbons (Fsp3) is 0.556. The maximum atomic E-state index is 11.6. The van der Waals surface area contributed by atoms with Crippen LogP contribution in [0.15, 0.2) is 6.20 Å². The van der Waals surface area contributed by atoms with Crippen molar-refractivity contribution in [3.8, 4) is 0 Å². The van der Waals surface area contributed by atoms with Gasteiger partial charge in [-0.15, -0.1) is 0 Å². The molecular formula is C9H14N4O3S. The first-order chi connectivity index (χ1) is 7.97. The quantitative estimate of drug-likeness (QED) is 0.462. The van der Waals surface area contributed by atoms with E-state index in [1.54, 1.807) is 6.92 Å². The Morgan fingerprint density at radius 2 is 2.41 bits per heavy atom. The number of nitro groups is 1. The monoisotopic (exact) mass is 258 g/mol. The van der Waals surface area contributed by atoms with E-state index in [4.69, 9.17) is 0 Å². The zero-order valence-electron chi connectivity index (χ0n) is 9.58.